The van der Waals surface area contributed by atoms with E-state index in [2.05, 4.69) is 35.1 Å². The van der Waals surface area contributed by atoms with Crippen molar-refractivity contribution in [3.05, 3.63) is 12.3 Å². The smallest absolute Gasteiger partial charge is 0.0303 e. The minimum absolute atomic E-state index is 0.838. The molecule has 0 aliphatic carbocycles. The molecular formula is C14H27N3. The molecule has 0 aromatic rings. The molecule has 2 heterocycles. The Morgan fingerprint density at radius 2 is 1.65 bits per heavy atom. The van der Waals surface area contributed by atoms with Gasteiger partial charge in [0.15, 0.2) is 0 Å². The predicted molar refractivity (Wildman–Crippen MR) is 73.1 cm³/mol. The normalized spacial score (nSPS) is 25.2. The van der Waals surface area contributed by atoms with E-state index in [0.29, 0.717) is 0 Å². The third-order valence-electron chi connectivity index (χ3n) is 4.37. The number of rotatable bonds is 3. The lowest BCUT2D eigenvalue weighted by Crippen LogP contribution is -2.52. The van der Waals surface area contributed by atoms with Crippen molar-refractivity contribution in [1.29, 1.82) is 0 Å². The van der Waals surface area contributed by atoms with Gasteiger partial charge in [0, 0.05) is 37.9 Å². The van der Waals surface area contributed by atoms with E-state index in [0.717, 1.165) is 6.04 Å². The lowest BCUT2D eigenvalue weighted by atomic mass is 10.0. The lowest BCUT2D eigenvalue weighted by molar-refractivity contribution is 0.0716. The van der Waals surface area contributed by atoms with Crippen molar-refractivity contribution in [3.8, 4) is 0 Å². The summed E-state index contributed by atoms with van der Waals surface area (Å²) in [6.45, 7) is 17.0. The molecular weight excluding hydrogens is 210 g/mol. The van der Waals surface area contributed by atoms with Crippen LogP contribution in [0.5, 0.6) is 0 Å². The Morgan fingerprint density at radius 3 is 2.12 bits per heavy atom. The molecule has 2 fully saturated rings. The number of hydrogen-bond acceptors (Lipinski definition) is 3. The molecule has 17 heavy (non-hydrogen) atoms. The molecule has 2 rings (SSSR count). The molecule has 0 spiro atoms. The monoisotopic (exact) mass is 237 g/mol. The van der Waals surface area contributed by atoms with E-state index >= 15 is 0 Å². The predicted octanol–water partition coefficient (Wildman–Crippen LogP) is 1.62. The van der Waals surface area contributed by atoms with E-state index in [1.165, 1.54) is 64.4 Å². The highest BCUT2D eigenvalue weighted by Gasteiger charge is 2.26. The SMILES string of the molecule is C=C(C)N1CCN(C2CCN(CC)CC2)CC1. The fourth-order valence-electron chi connectivity index (χ4n) is 3.07. The maximum Gasteiger partial charge on any atom is 0.0303 e. The van der Waals surface area contributed by atoms with Crippen molar-refractivity contribution in [3.63, 3.8) is 0 Å². The van der Waals surface area contributed by atoms with Crippen LogP contribution in [0, 0.1) is 0 Å². The standard InChI is InChI=1S/C14H27N3/c1-4-15-7-5-14(6-8-15)17-11-9-16(10-12-17)13(2)3/h14H,2,4-12H2,1,3H3. The minimum Gasteiger partial charge on any atom is -0.373 e. The second-order valence-corrected chi connectivity index (χ2v) is 5.42. The van der Waals surface area contributed by atoms with Gasteiger partial charge in [-0.3, -0.25) is 4.90 Å². The van der Waals surface area contributed by atoms with Gasteiger partial charge in [-0.15, -0.1) is 0 Å². The van der Waals surface area contributed by atoms with Gasteiger partial charge in [0.25, 0.3) is 0 Å². The van der Waals surface area contributed by atoms with E-state index in [1.807, 2.05) is 0 Å². The molecule has 3 heteroatoms. The quantitative estimate of drug-likeness (QED) is 0.738. The van der Waals surface area contributed by atoms with Crippen molar-refractivity contribution in [2.24, 2.45) is 0 Å². The van der Waals surface area contributed by atoms with Gasteiger partial charge < -0.3 is 9.80 Å². The zero-order chi connectivity index (χ0) is 12.3. The Bertz CT molecular complexity index is 248. The van der Waals surface area contributed by atoms with Gasteiger partial charge in [-0.1, -0.05) is 13.5 Å². The Hall–Kier alpha value is -0.540. The van der Waals surface area contributed by atoms with Crippen LogP contribution in [0.25, 0.3) is 0 Å². The summed E-state index contributed by atoms with van der Waals surface area (Å²) >= 11 is 0. The topological polar surface area (TPSA) is 9.72 Å². The molecule has 2 aliphatic heterocycles. The van der Waals surface area contributed by atoms with E-state index in [4.69, 9.17) is 0 Å². The van der Waals surface area contributed by atoms with Gasteiger partial charge in [-0.2, -0.15) is 0 Å². The molecule has 0 aromatic carbocycles. The van der Waals surface area contributed by atoms with Crippen LogP contribution in [0.4, 0.5) is 0 Å². The van der Waals surface area contributed by atoms with Crippen molar-refractivity contribution in [1.82, 2.24) is 14.7 Å². The van der Waals surface area contributed by atoms with E-state index in [-0.39, 0.29) is 0 Å². The van der Waals surface area contributed by atoms with Gasteiger partial charge in [0.1, 0.15) is 0 Å². The third kappa shape index (κ3) is 3.23. The molecule has 0 radical (unpaired) electrons. The van der Waals surface area contributed by atoms with Crippen LogP contribution in [0.15, 0.2) is 12.3 Å². The number of piperazine rings is 1. The van der Waals surface area contributed by atoms with Gasteiger partial charge in [0.05, 0.1) is 0 Å². The van der Waals surface area contributed by atoms with Crippen LogP contribution in [0.3, 0.4) is 0 Å². The third-order valence-corrected chi connectivity index (χ3v) is 4.37. The molecule has 0 amide bonds. The highest BCUT2D eigenvalue weighted by atomic mass is 15.3. The summed E-state index contributed by atoms with van der Waals surface area (Å²) in [5, 5.41) is 0. The summed E-state index contributed by atoms with van der Waals surface area (Å²) in [7, 11) is 0. The lowest BCUT2D eigenvalue weighted by Gasteiger charge is -2.43. The van der Waals surface area contributed by atoms with Crippen LogP contribution in [-0.4, -0.2) is 66.6 Å². The zero-order valence-electron chi connectivity index (χ0n) is 11.5. The summed E-state index contributed by atoms with van der Waals surface area (Å²) in [5.74, 6) is 0. The number of nitrogens with zero attached hydrogens (tertiary/aromatic N) is 3. The number of piperidine rings is 1. The molecule has 3 nitrogen and oxygen atoms in total. The number of allylic oxidation sites excluding steroid dienone is 1. The zero-order valence-corrected chi connectivity index (χ0v) is 11.5. The van der Waals surface area contributed by atoms with Gasteiger partial charge in [-0.25, -0.2) is 0 Å². The molecule has 2 saturated heterocycles. The van der Waals surface area contributed by atoms with Crippen LogP contribution in [0.1, 0.15) is 26.7 Å². The molecule has 0 unspecified atom stereocenters. The molecule has 0 saturated carbocycles. The summed E-state index contributed by atoms with van der Waals surface area (Å²) in [6, 6.07) is 0.838. The first-order valence-electron chi connectivity index (χ1n) is 7.07. The fourth-order valence-corrected chi connectivity index (χ4v) is 3.07. The Balaban J connectivity index is 1.76. The summed E-state index contributed by atoms with van der Waals surface area (Å²) in [6.07, 6.45) is 2.72. The minimum atomic E-state index is 0.838. The molecule has 0 atom stereocenters. The molecule has 2 aliphatic rings. The maximum absolute atomic E-state index is 4.04. The van der Waals surface area contributed by atoms with Gasteiger partial charge in [-0.05, 0) is 39.4 Å². The first-order valence-corrected chi connectivity index (χ1v) is 7.07. The first-order chi connectivity index (χ1) is 8.20. The molecule has 0 bridgehead atoms. The summed E-state index contributed by atoms with van der Waals surface area (Å²) < 4.78 is 0. The molecule has 0 aromatic heterocycles. The van der Waals surface area contributed by atoms with Crippen LogP contribution in [-0.2, 0) is 0 Å². The second kappa shape index (κ2) is 5.87. The highest BCUT2D eigenvalue weighted by molar-refractivity contribution is 4.93. The van der Waals surface area contributed by atoms with E-state index in [1.54, 1.807) is 0 Å². The van der Waals surface area contributed by atoms with Crippen molar-refractivity contribution < 1.29 is 0 Å². The van der Waals surface area contributed by atoms with E-state index < -0.39 is 0 Å². The molecule has 0 N–H and O–H groups in total. The second-order valence-electron chi connectivity index (χ2n) is 5.42. The Morgan fingerprint density at radius 1 is 1.06 bits per heavy atom. The van der Waals surface area contributed by atoms with Crippen molar-refractivity contribution >= 4 is 0 Å². The summed E-state index contributed by atoms with van der Waals surface area (Å²) in [5.41, 5.74) is 1.23. The van der Waals surface area contributed by atoms with E-state index in [9.17, 15) is 0 Å². The van der Waals surface area contributed by atoms with Crippen molar-refractivity contribution in [2.75, 3.05) is 45.8 Å². The first kappa shape index (κ1) is 12.9. The van der Waals surface area contributed by atoms with Crippen LogP contribution >= 0.6 is 0 Å². The largest absolute Gasteiger partial charge is 0.373 e. The molecule has 98 valence electrons. The van der Waals surface area contributed by atoms with Gasteiger partial charge in [0.2, 0.25) is 0 Å². The highest BCUT2D eigenvalue weighted by Crippen LogP contribution is 2.18. The summed E-state index contributed by atoms with van der Waals surface area (Å²) in [4.78, 5) is 7.69. The average molecular weight is 237 g/mol. The maximum atomic E-state index is 4.04. The fraction of sp³-hybridized carbons (Fsp3) is 0.857. The number of hydrogen-bond donors (Lipinski definition) is 0. The Labute approximate surface area is 106 Å². The van der Waals surface area contributed by atoms with Crippen LogP contribution < -0.4 is 0 Å². The van der Waals surface area contributed by atoms with Crippen LogP contribution in [0.2, 0.25) is 0 Å². The average Bonchev–Trinajstić information content (AvgIpc) is 2.39. The van der Waals surface area contributed by atoms with Gasteiger partial charge >= 0.3 is 0 Å². The number of likely N-dealkylation sites (tertiary alicyclic amines) is 1. The van der Waals surface area contributed by atoms with Crippen molar-refractivity contribution in [2.45, 2.75) is 32.7 Å². The Kier molecular flexibility index (Phi) is 4.46.